The molecule has 2 aliphatic rings. The fourth-order valence-electron chi connectivity index (χ4n) is 5.87. The van der Waals surface area contributed by atoms with Gasteiger partial charge in [0.15, 0.2) is 0 Å². The van der Waals surface area contributed by atoms with Crippen molar-refractivity contribution in [1.29, 1.82) is 0 Å². The van der Waals surface area contributed by atoms with E-state index in [1.165, 1.54) is 18.1 Å². The van der Waals surface area contributed by atoms with Crippen LogP contribution < -0.4 is 4.74 Å². The van der Waals surface area contributed by atoms with Crippen LogP contribution in [0, 0.1) is 5.82 Å². The molecular weight excluding hydrogens is 567 g/mol. The lowest BCUT2D eigenvalue weighted by atomic mass is 9.85. The number of allylic oxidation sites excluding steroid dienone is 1. The Bertz CT molecular complexity index is 1310. The van der Waals surface area contributed by atoms with Gasteiger partial charge in [0.25, 0.3) is 0 Å². The molecule has 42 heavy (non-hydrogen) atoms. The first-order chi connectivity index (χ1) is 19.6. The fourth-order valence-corrected chi connectivity index (χ4v) is 5.87. The molecule has 0 N–H and O–H groups in total. The van der Waals surface area contributed by atoms with Crippen LogP contribution in [0.15, 0.2) is 35.9 Å². The summed E-state index contributed by atoms with van der Waals surface area (Å²) in [6.07, 6.45) is -10.8. The highest BCUT2D eigenvalue weighted by atomic mass is 19.4. The van der Waals surface area contributed by atoms with Crippen molar-refractivity contribution in [3.8, 4) is 5.75 Å². The molecule has 230 valence electrons. The first-order valence-electron chi connectivity index (χ1n) is 13.9. The number of rotatable bonds is 8. The monoisotopic (exact) mass is 601 g/mol. The Hall–Kier alpha value is -3.24. The Morgan fingerprint density at radius 1 is 0.952 bits per heavy atom. The molecule has 0 spiro atoms. The molecule has 4 nitrogen and oxygen atoms in total. The van der Waals surface area contributed by atoms with E-state index >= 15 is 0 Å². The molecule has 2 aromatic rings. The van der Waals surface area contributed by atoms with Crippen LogP contribution in [0.4, 0.5) is 35.5 Å². The normalized spacial score (nSPS) is 20.0. The smallest absolute Gasteiger partial charge is 0.411 e. The molecule has 4 rings (SSSR count). The molecule has 0 radical (unpaired) electrons. The molecule has 0 unspecified atom stereocenters. The Labute approximate surface area is 240 Å². The van der Waals surface area contributed by atoms with E-state index in [2.05, 4.69) is 0 Å². The molecule has 1 heterocycles. The number of carbonyl (C=O) groups is 1. The molecule has 0 aromatic heterocycles. The summed E-state index contributed by atoms with van der Waals surface area (Å²) in [6.45, 7) is 5.59. The molecule has 1 aliphatic carbocycles. The second-order valence-corrected chi connectivity index (χ2v) is 11.4. The number of methoxy groups -OCH3 is 1. The third-order valence-corrected chi connectivity index (χ3v) is 7.81. The number of carbonyl (C=O) groups excluding carboxylic acids is 1. The summed E-state index contributed by atoms with van der Waals surface area (Å²) in [7, 11) is 1.46. The Morgan fingerprint density at radius 2 is 1.55 bits per heavy atom. The predicted octanol–water partition coefficient (Wildman–Crippen LogP) is 9.08. The first-order valence-corrected chi connectivity index (χ1v) is 13.9. The SMILES string of the molecule is COc1cc(F)c(C(C)C)cc1C1=C(CN2C(=O)O[C@H](c3cc(CC(F)(F)F)cc(CC(F)(F)F)c3)[C@@H]2C)CCCC1. The zero-order chi connectivity index (χ0) is 31.0. The largest absolute Gasteiger partial charge is 0.496 e. The van der Waals surface area contributed by atoms with Gasteiger partial charge in [-0.1, -0.05) is 32.0 Å². The average molecular weight is 602 g/mol. The van der Waals surface area contributed by atoms with Crippen molar-refractivity contribution < 1.29 is 45.0 Å². The van der Waals surface area contributed by atoms with Gasteiger partial charge >= 0.3 is 18.4 Å². The van der Waals surface area contributed by atoms with Crippen LogP contribution in [-0.2, 0) is 17.6 Å². The number of hydrogen-bond donors (Lipinski definition) is 0. The van der Waals surface area contributed by atoms with E-state index < -0.39 is 43.4 Å². The maximum absolute atomic E-state index is 14.7. The van der Waals surface area contributed by atoms with Gasteiger partial charge in [-0.3, -0.25) is 4.90 Å². The van der Waals surface area contributed by atoms with E-state index in [4.69, 9.17) is 9.47 Å². The summed E-state index contributed by atoms with van der Waals surface area (Å²) in [5, 5.41) is 0. The molecule has 1 fully saturated rings. The predicted molar refractivity (Wildman–Crippen MR) is 144 cm³/mol. The second kappa shape index (κ2) is 12.2. The van der Waals surface area contributed by atoms with E-state index in [0.717, 1.165) is 47.8 Å². The second-order valence-electron chi connectivity index (χ2n) is 11.4. The lowest BCUT2D eigenvalue weighted by molar-refractivity contribution is -0.127. The Balaban J connectivity index is 1.68. The number of amides is 1. The third-order valence-electron chi connectivity index (χ3n) is 7.81. The molecule has 2 aromatic carbocycles. The summed E-state index contributed by atoms with van der Waals surface area (Å²) in [6, 6.07) is 5.68. The quantitative estimate of drug-likeness (QED) is 0.284. The van der Waals surface area contributed by atoms with Crippen molar-refractivity contribution in [2.45, 2.75) is 89.7 Å². The zero-order valence-electron chi connectivity index (χ0n) is 23.9. The number of alkyl halides is 6. The molecule has 0 bridgehead atoms. The van der Waals surface area contributed by atoms with Gasteiger partial charge in [0.05, 0.1) is 26.0 Å². The number of nitrogens with zero attached hydrogens (tertiary/aromatic N) is 1. The molecule has 11 heteroatoms. The molecule has 2 atom stereocenters. The lowest BCUT2D eigenvalue weighted by Gasteiger charge is -2.28. The highest BCUT2D eigenvalue weighted by molar-refractivity contribution is 5.77. The van der Waals surface area contributed by atoms with Crippen molar-refractivity contribution in [3.63, 3.8) is 0 Å². The van der Waals surface area contributed by atoms with E-state index in [0.29, 0.717) is 24.2 Å². The van der Waals surface area contributed by atoms with Crippen LogP contribution in [0.2, 0.25) is 0 Å². The van der Waals surface area contributed by atoms with Crippen molar-refractivity contribution in [3.05, 3.63) is 69.5 Å². The summed E-state index contributed by atoms with van der Waals surface area (Å²) >= 11 is 0. The molecule has 0 saturated carbocycles. The summed E-state index contributed by atoms with van der Waals surface area (Å²) < 4.78 is 105. The number of benzene rings is 2. The van der Waals surface area contributed by atoms with E-state index in [-0.39, 0.29) is 35.0 Å². The van der Waals surface area contributed by atoms with Crippen LogP contribution in [0.5, 0.6) is 5.75 Å². The van der Waals surface area contributed by atoms with Gasteiger partial charge < -0.3 is 9.47 Å². The van der Waals surface area contributed by atoms with Gasteiger partial charge in [0, 0.05) is 18.2 Å². The first kappa shape index (κ1) is 31.7. The maximum Gasteiger partial charge on any atom is 0.411 e. The highest BCUT2D eigenvalue weighted by Gasteiger charge is 2.41. The minimum atomic E-state index is -4.63. The number of cyclic esters (lactones) is 1. The number of halogens is 7. The number of ether oxygens (including phenoxy) is 2. The van der Waals surface area contributed by atoms with Crippen LogP contribution in [-0.4, -0.2) is 43.0 Å². The van der Waals surface area contributed by atoms with Gasteiger partial charge in [-0.15, -0.1) is 0 Å². The van der Waals surface area contributed by atoms with Crippen LogP contribution >= 0.6 is 0 Å². The maximum atomic E-state index is 14.7. The fraction of sp³-hybridized carbons (Fsp3) is 0.516. The van der Waals surface area contributed by atoms with Crippen molar-refractivity contribution in [1.82, 2.24) is 4.90 Å². The standard InChI is InChI=1S/C31H34F7NO3/c1-17(2)24-12-25(27(41-4)13-26(24)32)23-8-6-5-7-21(23)16-39-18(3)28(42-29(39)40)22-10-19(14-30(33,34)35)9-20(11-22)15-31(36,37)38/h9-13,17-18,28H,5-8,14-16H2,1-4H3/t18-,28-/m0/s1. The van der Waals surface area contributed by atoms with Crippen molar-refractivity contribution in [2.24, 2.45) is 0 Å². The third kappa shape index (κ3) is 7.39. The van der Waals surface area contributed by atoms with Gasteiger partial charge in [-0.05, 0) is 78.0 Å². The highest BCUT2D eigenvalue weighted by Crippen LogP contribution is 2.42. The molecule has 1 amide bonds. The lowest BCUT2D eigenvalue weighted by Crippen LogP contribution is -2.34. The summed E-state index contributed by atoms with van der Waals surface area (Å²) in [5.74, 6) is -0.0762. The van der Waals surface area contributed by atoms with Gasteiger partial charge in [0.2, 0.25) is 0 Å². The van der Waals surface area contributed by atoms with Crippen LogP contribution in [0.25, 0.3) is 5.57 Å². The summed E-state index contributed by atoms with van der Waals surface area (Å²) in [4.78, 5) is 14.5. The molecular formula is C31H34F7NO3. The van der Waals surface area contributed by atoms with Gasteiger partial charge in [-0.2, -0.15) is 26.3 Å². The van der Waals surface area contributed by atoms with E-state index in [9.17, 15) is 35.5 Å². The molecule has 1 saturated heterocycles. The Kier molecular flexibility index (Phi) is 9.18. The Morgan fingerprint density at radius 3 is 2.10 bits per heavy atom. The van der Waals surface area contributed by atoms with Crippen LogP contribution in [0.3, 0.4) is 0 Å². The topological polar surface area (TPSA) is 38.8 Å². The van der Waals surface area contributed by atoms with E-state index in [1.807, 2.05) is 13.8 Å². The zero-order valence-corrected chi connectivity index (χ0v) is 23.9. The van der Waals surface area contributed by atoms with Gasteiger partial charge in [-0.25, -0.2) is 9.18 Å². The minimum Gasteiger partial charge on any atom is -0.496 e. The minimum absolute atomic E-state index is 0.0769. The number of hydrogen-bond acceptors (Lipinski definition) is 3. The van der Waals surface area contributed by atoms with Crippen molar-refractivity contribution >= 4 is 11.7 Å². The van der Waals surface area contributed by atoms with Gasteiger partial charge in [0.1, 0.15) is 17.7 Å². The molecule has 1 aliphatic heterocycles. The van der Waals surface area contributed by atoms with Crippen molar-refractivity contribution in [2.75, 3.05) is 13.7 Å². The van der Waals surface area contributed by atoms with Crippen LogP contribution in [0.1, 0.15) is 86.3 Å². The average Bonchev–Trinajstić information content (AvgIpc) is 3.15. The summed E-state index contributed by atoms with van der Waals surface area (Å²) in [5.41, 5.74) is 2.55. The van der Waals surface area contributed by atoms with E-state index in [1.54, 1.807) is 13.0 Å².